The number of aryl methyl sites for hydroxylation is 1. The van der Waals surface area contributed by atoms with E-state index in [4.69, 9.17) is 11.6 Å². The van der Waals surface area contributed by atoms with Gasteiger partial charge in [0.25, 0.3) is 0 Å². The summed E-state index contributed by atoms with van der Waals surface area (Å²) in [7, 11) is 2.02. The second kappa shape index (κ2) is 7.43. The van der Waals surface area contributed by atoms with Crippen LogP contribution in [0.1, 0.15) is 24.6 Å². The summed E-state index contributed by atoms with van der Waals surface area (Å²) >= 11 is 6.23. The average Bonchev–Trinajstić information content (AvgIpc) is 2.48. The van der Waals surface area contributed by atoms with Gasteiger partial charge in [-0.25, -0.2) is 4.98 Å². The number of pyridine rings is 1. The Morgan fingerprint density at radius 1 is 1.24 bits per heavy atom. The van der Waals surface area contributed by atoms with Crippen LogP contribution in [0, 0.1) is 6.92 Å². The molecule has 0 saturated heterocycles. The Morgan fingerprint density at radius 2 is 2.05 bits per heavy atom. The van der Waals surface area contributed by atoms with Crippen LogP contribution in [0.3, 0.4) is 0 Å². The molecular weight excluding hydrogens is 282 g/mol. The highest BCUT2D eigenvalue weighted by molar-refractivity contribution is 6.31. The summed E-state index contributed by atoms with van der Waals surface area (Å²) in [5.41, 5.74) is 3.25. The molecule has 0 unspecified atom stereocenters. The zero-order chi connectivity index (χ0) is 15.2. The maximum Gasteiger partial charge on any atom is 0.133 e. The summed E-state index contributed by atoms with van der Waals surface area (Å²) in [5, 5.41) is 4.05. The molecular formula is C17H22ClN3. The molecule has 112 valence electrons. The van der Waals surface area contributed by atoms with Crippen LogP contribution in [0.4, 0.5) is 11.5 Å². The molecule has 0 radical (unpaired) electrons. The van der Waals surface area contributed by atoms with Crippen molar-refractivity contribution in [2.75, 3.05) is 18.5 Å². The second-order valence-electron chi connectivity index (χ2n) is 5.17. The van der Waals surface area contributed by atoms with E-state index in [9.17, 15) is 0 Å². The van der Waals surface area contributed by atoms with Gasteiger partial charge in [-0.15, -0.1) is 0 Å². The molecule has 1 N–H and O–H groups in total. The molecule has 0 aliphatic heterocycles. The van der Waals surface area contributed by atoms with E-state index >= 15 is 0 Å². The molecule has 4 heteroatoms. The van der Waals surface area contributed by atoms with Crippen LogP contribution in [0.15, 0.2) is 36.4 Å². The summed E-state index contributed by atoms with van der Waals surface area (Å²) in [4.78, 5) is 6.76. The Hall–Kier alpha value is -1.58. The first-order valence-electron chi connectivity index (χ1n) is 7.28. The van der Waals surface area contributed by atoms with Gasteiger partial charge in [0, 0.05) is 19.3 Å². The number of benzene rings is 1. The molecule has 0 amide bonds. The molecule has 0 saturated carbocycles. The molecule has 2 aromatic rings. The van der Waals surface area contributed by atoms with E-state index in [-0.39, 0.29) is 0 Å². The van der Waals surface area contributed by atoms with Crippen molar-refractivity contribution in [3.63, 3.8) is 0 Å². The van der Waals surface area contributed by atoms with Gasteiger partial charge in [0.1, 0.15) is 5.82 Å². The van der Waals surface area contributed by atoms with Crippen molar-refractivity contribution >= 4 is 23.1 Å². The predicted octanol–water partition coefficient (Wildman–Crippen LogP) is 4.31. The number of aromatic nitrogens is 1. The molecule has 2 rings (SSSR count). The highest BCUT2D eigenvalue weighted by Gasteiger charge is 2.09. The van der Waals surface area contributed by atoms with Crippen molar-refractivity contribution in [1.29, 1.82) is 0 Å². The normalized spacial score (nSPS) is 10.7. The minimum atomic E-state index is 0.697. The molecule has 0 fully saturated rings. The van der Waals surface area contributed by atoms with Crippen molar-refractivity contribution in [2.45, 2.75) is 26.8 Å². The van der Waals surface area contributed by atoms with Gasteiger partial charge in [-0.05, 0) is 49.7 Å². The minimum absolute atomic E-state index is 0.697. The van der Waals surface area contributed by atoms with E-state index in [1.165, 1.54) is 5.56 Å². The number of halogens is 1. The third-order valence-electron chi connectivity index (χ3n) is 3.36. The van der Waals surface area contributed by atoms with E-state index in [1.54, 1.807) is 0 Å². The largest absolute Gasteiger partial charge is 0.329 e. The van der Waals surface area contributed by atoms with Gasteiger partial charge in [-0.1, -0.05) is 30.7 Å². The maximum atomic E-state index is 6.23. The molecule has 1 aromatic carbocycles. The van der Waals surface area contributed by atoms with Crippen LogP contribution >= 0.6 is 11.6 Å². The minimum Gasteiger partial charge on any atom is -0.329 e. The van der Waals surface area contributed by atoms with Gasteiger partial charge in [0.15, 0.2) is 0 Å². The van der Waals surface area contributed by atoms with Crippen molar-refractivity contribution in [3.8, 4) is 0 Å². The molecule has 0 spiro atoms. The van der Waals surface area contributed by atoms with Gasteiger partial charge in [0.2, 0.25) is 0 Å². The summed E-state index contributed by atoms with van der Waals surface area (Å²) in [6, 6.07) is 12.2. The fourth-order valence-corrected chi connectivity index (χ4v) is 2.31. The highest BCUT2D eigenvalue weighted by Crippen LogP contribution is 2.25. The Labute approximate surface area is 132 Å². The van der Waals surface area contributed by atoms with Crippen molar-refractivity contribution in [2.24, 2.45) is 0 Å². The van der Waals surface area contributed by atoms with Crippen LogP contribution < -0.4 is 10.2 Å². The van der Waals surface area contributed by atoms with Gasteiger partial charge < -0.3 is 10.2 Å². The standard InChI is InChI=1S/C17H22ClN3/c1-4-10-19-12-16-15(18)8-9-17(20-16)21(3)14-7-5-6-13(2)11-14/h5-9,11,19H,4,10,12H2,1-3H3. The second-order valence-corrected chi connectivity index (χ2v) is 5.58. The number of hydrogen-bond acceptors (Lipinski definition) is 3. The molecule has 0 atom stereocenters. The van der Waals surface area contributed by atoms with Crippen molar-refractivity contribution in [1.82, 2.24) is 10.3 Å². The first kappa shape index (κ1) is 15.8. The lowest BCUT2D eigenvalue weighted by Crippen LogP contribution is -2.17. The van der Waals surface area contributed by atoms with Crippen LogP contribution in [0.2, 0.25) is 5.02 Å². The topological polar surface area (TPSA) is 28.2 Å². The number of hydrogen-bond donors (Lipinski definition) is 1. The van der Waals surface area contributed by atoms with E-state index in [0.29, 0.717) is 11.6 Å². The van der Waals surface area contributed by atoms with Crippen LogP contribution in [-0.4, -0.2) is 18.6 Å². The molecule has 0 aliphatic rings. The SMILES string of the molecule is CCCNCc1nc(N(C)c2cccc(C)c2)ccc1Cl. The van der Waals surface area contributed by atoms with Crippen LogP contribution in [0.25, 0.3) is 0 Å². The van der Waals surface area contributed by atoms with Gasteiger partial charge >= 0.3 is 0 Å². The lowest BCUT2D eigenvalue weighted by atomic mass is 10.2. The van der Waals surface area contributed by atoms with Gasteiger partial charge in [0.05, 0.1) is 10.7 Å². The first-order chi connectivity index (χ1) is 10.1. The maximum absolute atomic E-state index is 6.23. The third-order valence-corrected chi connectivity index (χ3v) is 3.70. The zero-order valence-electron chi connectivity index (χ0n) is 12.9. The number of anilines is 2. The molecule has 1 aromatic heterocycles. The zero-order valence-corrected chi connectivity index (χ0v) is 13.6. The highest BCUT2D eigenvalue weighted by atomic mass is 35.5. The lowest BCUT2D eigenvalue weighted by molar-refractivity contribution is 0.664. The number of rotatable bonds is 6. The smallest absolute Gasteiger partial charge is 0.133 e. The fourth-order valence-electron chi connectivity index (χ4n) is 2.14. The number of nitrogens with one attached hydrogen (secondary N) is 1. The van der Waals surface area contributed by atoms with Crippen molar-refractivity contribution < 1.29 is 0 Å². The predicted molar refractivity (Wildman–Crippen MR) is 90.5 cm³/mol. The molecule has 0 aliphatic carbocycles. The summed E-state index contributed by atoms with van der Waals surface area (Å²) < 4.78 is 0. The van der Waals surface area contributed by atoms with E-state index in [1.807, 2.05) is 19.2 Å². The van der Waals surface area contributed by atoms with Crippen molar-refractivity contribution in [3.05, 3.63) is 52.7 Å². The Balaban J connectivity index is 2.21. The quantitative estimate of drug-likeness (QED) is 0.806. The summed E-state index contributed by atoms with van der Waals surface area (Å²) in [5.74, 6) is 0.901. The molecule has 1 heterocycles. The molecule has 0 bridgehead atoms. The first-order valence-corrected chi connectivity index (χ1v) is 7.66. The lowest BCUT2D eigenvalue weighted by Gasteiger charge is -2.20. The Kier molecular flexibility index (Phi) is 5.59. The summed E-state index contributed by atoms with van der Waals surface area (Å²) in [6.07, 6.45) is 1.10. The van der Waals surface area contributed by atoms with Crippen LogP contribution in [0.5, 0.6) is 0 Å². The van der Waals surface area contributed by atoms with Crippen LogP contribution in [-0.2, 0) is 6.54 Å². The Morgan fingerprint density at radius 3 is 2.76 bits per heavy atom. The van der Waals surface area contributed by atoms with E-state index < -0.39 is 0 Å². The molecule has 21 heavy (non-hydrogen) atoms. The monoisotopic (exact) mass is 303 g/mol. The van der Waals surface area contributed by atoms with E-state index in [2.05, 4.69) is 53.3 Å². The summed E-state index contributed by atoms with van der Waals surface area (Å²) in [6.45, 7) is 5.90. The fraction of sp³-hybridized carbons (Fsp3) is 0.353. The number of nitrogens with zero attached hydrogens (tertiary/aromatic N) is 2. The molecule has 3 nitrogen and oxygen atoms in total. The van der Waals surface area contributed by atoms with Gasteiger partial charge in [-0.3, -0.25) is 0 Å². The van der Waals surface area contributed by atoms with E-state index in [0.717, 1.165) is 30.2 Å². The average molecular weight is 304 g/mol. The Bertz CT molecular complexity index is 598. The van der Waals surface area contributed by atoms with Gasteiger partial charge in [-0.2, -0.15) is 0 Å². The third kappa shape index (κ3) is 4.19.